The van der Waals surface area contributed by atoms with Gasteiger partial charge in [-0.15, -0.1) is 11.8 Å². The Hall–Kier alpha value is -4.78. The molecular weight excluding hydrogens is 691 g/mol. The van der Waals surface area contributed by atoms with Gasteiger partial charge in [-0.2, -0.15) is 0 Å². The van der Waals surface area contributed by atoms with Crippen molar-refractivity contribution in [3.8, 4) is 0 Å². The SMILES string of the molecule is CSc1ccccc1C(=O)O.c1ccc([PH](CCC[PH](c2ccccc2)(c2ccccc2)c2ccccc2)(c2ccccc2)c2ccccc2)cc1. The Morgan fingerprint density at radius 3 is 0.904 bits per heavy atom. The van der Waals surface area contributed by atoms with Crippen LogP contribution in [0.2, 0.25) is 0 Å². The molecule has 0 saturated heterocycles. The zero-order valence-electron chi connectivity index (χ0n) is 29.5. The molecule has 0 fully saturated rings. The van der Waals surface area contributed by atoms with Gasteiger partial charge in [0.1, 0.15) is 0 Å². The van der Waals surface area contributed by atoms with E-state index in [1.54, 1.807) is 18.2 Å². The van der Waals surface area contributed by atoms with Gasteiger partial charge >= 0.3 is 253 Å². The van der Waals surface area contributed by atoms with E-state index in [2.05, 4.69) is 182 Å². The molecule has 5 heteroatoms. The molecule has 1 N–H and O–H groups in total. The third-order valence-corrected chi connectivity index (χ3v) is 21.0. The summed E-state index contributed by atoms with van der Waals surface area (Å²) in [5.41, 5.74) is 0.375. The van der Waals surface area contributed by atoms with Gasteiger partial charge < -0.3 is 5.11 Å². The van der Waals surface area contributed by atoms with Crippen LogP contribution in [0.5, 0.6) is 0 Å². The average molecular weight is 737 g/mol. The Labute approximate surface area is 314 Å². The number of rotatable bonds is 12. The summed E-state index contributed by atoms with van der Waals surface area (Å²) in [5, 5.41) is 17.6. The number of carbonyl (C=O) groups is 1. The van der Waals surface area contributed by atoms with Crippen LogP contribution in [0.25, 0.3) is 0 Å². The molecular formula is C47H46O2P2S. The van der Waals surface area contributed by atoms with E-state index in [1.165, 1.54) is 43.6 Å². The van der Waals surface area contributed by atoms with Gasteiger partial charge in [0.05, 0.1) is 5.56 Å². The zero-order chi connectivity index (χ0) is 36.1. The van der Waals surface area contributed by atoms with Crippen molar-refractivity contribution in [1.82, 2.24) is 0 Å². The first kappa shape index (κ1) is 37.0. The van der Waals surface area contributed by atoms with Crippen LogP contribution in [0.15, 0.2) is 211 Å². The molecule has 0 unspecified atom stereocenters. The number of benzene rings is 7. The summed E-state index contributed by atoms with van der Waals surface area (Å²) in [6, 6.07) is 75.1. The monoisotopic (exact) mass is 736 g/mol. The van der Waals surface area contributed by atoms with E-state index in [0.29, 0.717) is 5.56 Å². The Morgan fingerprint density at radius 2 is 0.673 bits per heavy atom. The molecule has 0 spiro atoms. The minimum atomic E-state index is -2.30. The first-order valence-corrected chi connectivity index (χ1v) is 23.4. The quantitative estimate of drug-likeness (QED) is 0.101. The van der Waals surface area contributed by atoms with Crippen LogP contribution in [0.4, 0.5) is 0 Å². The number of carboxylic acid groups (broad SMARTS) is 1. The molecule has 7 aromatic rings. The molecule has 7 aromatic carbocycles. The predicted molar refractivity (Wildman–Crippen MR) is 233 cm³/mol. The zero-order valence-corrected chi connectivity index (χ0v) is 32.3. The Balaban J connectivity index is 0.000000362. The summed E-state index contributed by atoms with van der Waals surface area (Å²) in [6.45, 7) is 0. The molecule has 0 aliphatic rings. The number of carboxylic acids is 1. The molecule has 0 bridgehead atoms. The molecule has 52 heavy (non-hydrogen) atoms. The first-order valence-electron chi connectivity index (χ1n) is 17.8. The molecule has 0 heterocycles. The van der Waals surface area contributed by atoms with Crippen LogP contribution in [0.3, 0.4) is 0 Å². The van der Waals surface area contributed by atoms with Gasteiger partial charge in [0, 0.05) is 4.90 Å². The van der Waals surface area contributed by atoms with Gasteiger partial charge in [-0.25, -0.2) is 4.79 Å². The van der Waals surface area contributed by atoms with Crippen molar-refractivity contribution in [2.45, 2.75) is 11.3 Å². The van der Waals surface area contributed by atoms with Crippen LogP contribution in [-0.2, 0) is 0 Å². The van der Waals surface area contributed by atoms with E-state index in [1.807, 2.05) is 12.3 Å². The van der Waals surface area contributed by atoms with Crippen molar-refractivity contribution in [2.24, 2.45) is 0 Å². The fourth-order valence-corrected chi connectivity index (χ4v) is 18.3. The Kier molecular flexibility index (Phi) is 12.9. The molecule has 0 aliphatic heterocycles. The van der Waals surface area contributed by atoms with E-state index in [-0.39, 0.29) is 0 Å². The van der Waals surface area contributed by atoms with Gasteiger partial charge in [-0.3, -0.25) is 0 Å². The summed E-state index contributed by atoms with van der Waals surface area (Å²) in [5.74, 6) is -0.866. The molecule has 7 rings (SSSR count). The second-order valence-corrected chi connectivity index (χ2v) is 21.8. The van der Waals surface area contributed by atoms with Crippen LogP contribution in [-0.4, -0.2) is 29.7 Å². The van der Waals surface area contributed by atoms with E-state index < -0.39 is 20.5 Å². The summed E-state index contributed by atoms with van der Waals surface area (Å²) in [4.78, 5) is 11.4. The first-order chi connectivity index (χ1) is 25.6. The molecule has 0 atom stereocenters. The van der Waals surface area contributed by atoms with Gasteiger partial charge in [0.2, 0.25) is 0 Å². The number of hydrogen-bond donors (Lipinski definition) is 1. The summed E-state index contributed by atoms with van der Waals surface area (Å²) in [7, 11) is -4.61. The van der Waals surface area contributed by atoms with E-state index in [4.69, 9.17) is 5.11 Å². The number of aromatic carboxylic acids is 1. The molecule has 0 radical (unpaired) electrons. The minimum absolute atomic E-state index is 0.375. The van der Waals surface area contributed by atoms with E-state index in [9.17, 15) is 4.79 Å². The van der Waals surface area contributed by atoms with Crippen molar-refractivity contribution >= 4 is 64.1 Å². The third-order valence-electron chi connectivity index (χ3n) is 10.0. The summed E-state index contributed by atoms with van der Waals surface area (Å²) < 4.78 is 0. The summed E-state index contributed by atoms with van der Waals surface area (Å²) in [6.07, 6.45) is 5.33. The number of thioether (sulfide) groups is 1. The molecule has 2 nitrogen and oxygen atoms in total. The van der Waals surface area contributed by atoms with Crippen LogP contribution >= 0.6 is 26.3 Å². The van der Waals surface area contributed by atoms with Crippen LogP contribution < -0.4 is 31.8 Å². The molecule has 0 aromatic heterocycles. The van der Waals surface area contributed by atoms with Crippen molar-refractivity contribution in [3.05, 3.63) is 212 Å². The van der Waals surface area contributed by atoms with Crippen molar-refractivity contribution < 1.29 is 9.90 Å². The van der Waals surface area contributed by atoms with Gasteiger partial charge in [0.25, 0.3) is 0 Å². The van der Waals surface area contributed by atoms with Crippen LogP contribution in [0.1, 0.15) is 16.8 Å². The average Bonchev–Trinajstić information content (AvgIpc) is 3.23. The Morgan fingerprint density at radius 1 is 0.423 bits per heavy atom. The standard InChI is InChI=1S/C39H38P2.C8H8O2S/c1-7-20-34(21-8-1)40(35-22-9-2-10-23-35,36-24-11-3-12-25-36)32-19-33-41(37-26-13-4-14-27-37,38-28-15-5-16-29-38)39-30-17-6-18-31-39;1-11-7-5-3-2-4-6(7)8(9)10/h1-18,20-31,40-41H,19,32-33H2;2-5H,1H3,(H,9,10). The topological polar surface area (TPSA) is 37.3 Å². The molecule has 0 aliphatic carbocycles. The molecule has 0 saturated carbocycles. The maximum absolute atomic E-state index is 10.6. The van der Waals surface area contributed by atoms with Crippen molar-refractivity contribution in [2.75, 3.05) is 18.6 Å². The van der Waals surface area contributed by atoms with Crippen molar-refractivity contribution in [3.63, 3.8) is 0 Å². The van der Waals surface area contributed by atoms with E-state index in [0.717, 1.165) is 23.6 Å². The summed E-state index contributed by atoms with van der Waals surface area (Å²) >= 11 is 1.44. The third kappa shape index (κ3) is 8.14. The second-order valence-electron chi connectivity index (χ2n) is 12.9. The van der Waals surface area contributed by atoms with Crippen LogP contribution in [0, 0.1) is 0 Å². The van der Waals surface area contributed by atoms with Crippen molar-refractivity contribution in [1.29, 1.82) is 0 Å². The fraction of sp³-hybridized carbons (Fsp3) is 0.0851. The molecule has 0 amide bonds. The fourth-order valence-electron chi connectivity index (χ4n) is 7.64. The Bertz CT molecular complexity index is 1790. The van der Waals surface area contributed by atoms with Gasteiger partial charge in [-0.05, 0) is 18.4 Å². The number of hydrogen-bond acceptors (Lipinski definition) is 2. The normalized spacial score (nSPS) is 11.9. The predicted octanol–water partition coefficient (Wildman–Crippen LogP) is 8.94. The van der Waals surface area contributed by atoms with E-state index >= 15 is 0 Å². The second kappa shape index (κ2) is 18.1. The van der Waals surface area contributed by atoms with Gasteiger partial charge in [0.15, 0.2) is 0 Å². The van der Waals surface area contributed by atoms with Gasteiger partial charge in [-0.1, -0.05) is 12.1 Å². The molecule has 262 valence electrons. The maximum atomic E-state index is 10.6.